The molecule has 2 heterocycles. The fourth-order valence-electron chi connectivity index (χ4n) is 2.38. The van der Waals surface area contributed by atoms with Gasteiger partial charge in [-0.15, -0.1) is 0 Å². The molecule has 1 amide bonds. The van der Waals surface area contributed by atoms with Crippen LogP contribution in [0.2, 0.25) is 0 Å². The van der Waals surface area contributed by atoms with Crippen molar-refractivity contribution in [2.24, 2.45) is 0 Å². The second-order valence-corrected chi connectivity index (χ2v) is 5.74. The van der Waals surface area contributed by atoms with Crippen LogP contribution in [0.3, 0.4) is 0 Å². The molecule has 1 aromatic carbocycles. The number of carbonyl (C=O) groups excluding carboxylic acids is 1. The van der Waals surface area contributed by atoms with Crippen LogP contribution in [0.1, 0.15) is 21.7 Å². The van der Waals surface area contributed by atoms with Gasteiger partial charge in [-0.05, 0) is 42.5 Å². The number of nitrogens with zero attached hydrogens (tertiary/aromatic N) is 3. The highest BCUT2D eigenvalue weighted by Crippen LogP contribution is 2.27. The Hall–Kier alpha value is -3.49. The predicted molar refractivity (Wildman–Crippen MR) is 94.4 cm³/mol. The van der Waals surface area contributed by atoms with Gasteiger partial charge in [-0.25, -0.2) is 9.97 Å². The van der Waals surface area contributed by atoms with Crippen molar-refractivity contribution in [2.45, 2.75) is 12.7 Å². The summed E-state index contributed by atoms with van der Waals surface area (Å²) in [6.07, 6.45) is -2.28. The normalized spacial score (nSPS) is 11.1. The van der Waals surface area contributed by atoms with Gasteiger partial charge >= 0.3 is 6.18 Å². The number of benzene rings is 1. The molecule has 0 spiro atoms. The molecule has 28 heavy (non-hydrogen) atoms. The Bertz CT molecular complexity index is 958. The highest BCUT2D eigenvalue weighted by Gasteiger charge is 2.32. The van der Waals surface area contributed by atoms with Gasteiger partial charge in [-0.3, -0.25) is 9.78 Å². The largest absolute Gasteiger partial charge is 0.497 e. The zero-order chi connectivity index (χ0) is 20.1. The van der Waals surface area contributed by atoms with E-state index in [1.807, 2.05) is 12.1 Å². The Morgan fingerprint density at radius 2 is 1.82 bits per heavy atom. The first kappa shape index (κ1) is 19.3. The fraction of sp³-hybridized carbons (Fsp3) is 0.158. The number of hydrogen-bond donors (Lipinski definition) is 1. The number of amides is 1. The molecule has 0 saturated heterocycles. The number of hydrogen-bond acceptors (Lipinski definition) is 5. The van der Waals surface area contributed by atoms with Crippen LogP contribution in [-0.2, 0) is 12.7 Å². The molecule has 0 fully saturated rings. The van der Waals surface area contributed by atoms with Crippen molar-refractivity contribution >= 4 is 5.91 Å². The summed E-state index contributed by atoms with van der Waals surface area (Å²) in [6, 6.07) is 10.9. The van der Waals surface area contributed by atoms with Crippen LogP contribution in [0.5, 0.6) is 5.75 Å². The average molecular weight is 388 g/mol. The van der Waals surface area contributed by atoms with E-state index in [2.05, 4.69) is 20.3 Å². The summed E-state index contributed by atoms with van der Waals surface area (Å²) in [5, 5.41) is 2.60. The third-order valence-electron chi connectivity index (χ3n) is 3.86. The number of ether oxygens (including phenoxy) is 1. The van der Waals surface area contributed by atoms with Crippen LogP contribution in [0.4, 0.5) is 13.2 Å². The minimum Gasteiger partial charge on any atom is -0.497 e. The van der Waals surface area contributed by atoms with Crippen LogP contribution < -0.4 is 10.1 Å². The Labute approximate surface area is 158 Å². The SMILES string of the molecule is COc1ccc(-c2cc(CNC(=O)c3ccc(C(F)(F)F)nc3)ncn2)cc1. The molecule has 0 radical (unpaired) electrons. The summed E-state index contributed by atoms with van der Waals surface area (Å²) in [7, 11) is 1.58. The number of nitrogens with one attached hydrogen (secondary N) is 1. The van der Waals surface area contributed by atoms with E-state index in [0.717, 1.165) is 29.6 Å². The van der Waals surface area contributed by atoms with E-state index >= 15 is 0 Å². The van der Waals surface area contributed by atoms with Gasteiger partial charge in [0.2, 0.25) is 0 Å². The smallest absolute Gasteiger partial charge is 0.433 e. The molecule has 3 aromatic rings. The van der Waals surface area contributed by atoms with Crippen LogP contribution in [0.25, 0.3) is 11.3 Å². The van der Waals surface area contributed by atoms with E-state index in [4.69, 9.17) is 4.74 Å². The lowest BCUT2D eigenvalue weighted by atomic mass is 10.1. The van der Waals surface area contributed by atoms with Gasteiger partial charge in [0.25, 0.3) is 5.91 Å². The Morgan fingerprint density at radius 3 is 2.43 bits per heavy atom. The summed E-state index contributed by atoms with van der Waals surface area (Å²) in [6.45, 7) is 0.0888. The zero-order valence-electron chi connectivity index (χ0n) is 14.7. The molecule has 0 atom stereocenters. The first-order chi connectivity index (χ1) is 13.4. The number of halogens is 3. The number of rotatable bonds is 5. The summed E-state index contributed by atoms with van der Waals surface area (Å²) in [5.41, 5.74) is 1.04. The van der Waals surface area contributed by atoms with Gasteiger partial charge in [-0.1, -0.05) is 0 Å². The fourth-order valence-corrected chi connectivity index (χ4v) is 2.38. The van der Waals surface area contributed by atoms with Crippen molar-refractivity contribution in [3.8, 4) is 17.0 Å². The molecule has 0 aliphatic heterocycles. The highest BCUT2D eigenvalue weighted by molar-refractivity contribution is 5.93. The van der Waals surface area contributed by atoms with Gasteiger partial charge in [0.1, 0.15) is 17.8 Å². The maximum Gasteiger partial charge on any atom is 0.433 e. The van der Waals surface area contributed by atoms with E-state index in [1.54, 1.807) is 25.3 Å². The standard InChI is InChI=1S/C19H15F3N4O2/c1-28-15-5-2-12(3-6-15)16-8-14(25-11-26-16)10-24-18(27)13-4-7-17(23-9-13)19(20,21)22/h2-9,11H,10H2,1H3,(H,24,27). The maximum absolute atomic E-state index is 12.5. The maximum atomic E-state index is 12.5. The Morgan fingerprint density at radius 1 is 1.07 bits per heavy atom. The monoisotopic (exact) mass is 388 g/mol. The molecule has 144 valence electrons. The van der Waals surface area contributed by atoms with Gasteiger partial charge in [0.15, 0.2) is 0 Å². The molecule has 0 saturated carbocycles. The first-order valence-corrected chi connectivity index (χ1v) is 8.13. The van der Waals surface area contributed by atoms with Crippen molar-refractivity contribution in [1.29, 1.82) is 0 Å². The Balaban J connectivity index is 1.66. The molecular formula is C19H15F3N4O2. The van der Waals surface area contributed by atoms with Crippen molar-refractivity contribution < 1.29 is 22.7 Å². The summed E-state index contributed by atoms with van der Waals surface area (Å²) < 4.78 is 42.7. The van der Waals surface area contributed by atoms with Gasteiger partial charge in [0.05, 0.1) is 30.6 Å². The number of aromatic nitrogens is 3. The second-order valence-electron chi connectivity index (χ2n) is 5.74. The molecule has 3 rings (SSSR count). The molecule has 0 unspecified atom stereocenters. The van der Waals surface area contributed by atoms with Crippen LogP contribution >= 0.6 is 0 Å². The molecular weight excluding hydrogens is 373 g/mol. The topological polar surface area (TPSA) is 77.0 Å². The van der Waals surface area contributed by atoms with Crippen molar-refractivity contribution in [3.05, 3.63) is 71.9 Å². The number of alkyl halides is 3. The number of carbonyl (C=O) groups is 1. The molecule has 0 aliphatic rings. The van der Waals surface area contributed by atoms with E-state index in [9.17, 15) is 18.0 Å². The zero-order valence-corrected chi connectivity index (χ0v) is 14.7. The van der Waals surface area contributed by atoms with Crippen molar-refractivity contribution in [2.75, 3.05) is 7.11 Å². The summed E-state index contributed by atoms with van der Waals surface area (Å²) >= 11 is 0. The highest BCUT2D eigenvalue weighted by atomic mass is 19.4. The van der Waals surface area contributed by atoms with Crippen molar-refractivity contribution in [3.63, 3.8) is 0 Å². The van der Waals surface area contributed by atoms with Gasteiger partial charge in [-0.2, -0.15) is 13.2 Å². The summed E-state index contributed by atoms with van der Waals surface area (Å²) in [5.74, 6) is 0.168. The molecule has 1 N–H and O–H groups in total. The van der Waals surface area contributed by atoms with Crippen LogP contribution in [0, 0.1) is 0 Å². The van der Waals surface area contributed by atoms with E-state index in [1.165, 1.54) is 6.33 Å². The molecule has 6 nitrogen and oxygen atoms in total. The lowest BCUT2D eigenvalue weighted by molar-refractivity contribution is -0.141. The predicted octanol–water partition coefficient (Wildman–Crippen LogP) is 3.50. The molecule has 0 aliphatic carbocycles. The number of methoxy groups -OCH3 is 1. The van der Waals surface area contributed by atoms with Crippen molar-refractivity contribution in [1.82, 2.24) is 20.3 Å². The molecule has 0 bridgehead atoms. The van der Waals surface area contributed by atoms with Crippen LogP contribution in [0.15, 0.2) is 55.0 Å². The third kappa shape index (κ3) is 4.61. The molecule has 2 aromatic heterocycles. The lowest BCUT2D eigenvalue weighted by Crippen LogP contribution is -2.23. The quantitative estimate of drug-likeness (QED) is 0.724. The minimum absolute atomic E-state index is 0.0254. The average Bonchev–Trinajstić information content (AvgIpc) is 2.72. The van der Waals surface area contributed by atoms with Gasteiger partial charge in [0, 0.05) is 11.8 Å². The minimum atomic E-state index is -4.55. The lowest BCUT2D eigenvalue weighted by Gasteiger charge is -2.08. The van der Waals surface area contributed by atoms with E-state index in [-0.39, 0.29) is 12.1 Å². The second kappa shape index (κ2) is 8.03. The molecule has 9 heteroatoms. The third-order valence-corrected chi connectivity index (χ3v) is 3.86. The van der Waals surface area contributed by atoms with Gasteiger partial charge < -0.3 is 10.1 Å². The van der Waals surface area contributed by atoms with Crippen LogP contribution in [-0.4, -0.2) is 28.0 Å². The van der Waals surface area contributed by atoms with E-state index < -0.39 is 17.8 Å². The van der Waals surface area contributed by atoms with E-state index in [0.29, 0.717) is 11.4 Å². The summed E-state index contributed by atoms with van der Waals surface area (Å²) in [4.78, 5) is 23.7. The number of pyridine rings is 1. The Kier molecular flexibility index (Phi) is 5.53. The first-order valence-electron chi connectivity index (χ1n) is 8.13.